The first-order valence-corrected chi connectivity index (χ1v) is 10.8. The molecule has 0 spiro atoms. The highest BCUT2D eigenvalue weighted by Gasteiger charge is 2.30. The summed E-state index contributed by atoms with van der Waals surface area (Å²) in [4.78, 5) is 11.1. The van der Waals surface area contributed by atoms with Gasteiger partial charge in [0.1, 0.15) is 5.82 Å². The fourth-order valence-corrected chi connectivity index (χ4v) is 5.07. The fourth-order valence-electron chi connectivity index (χ4n) is 2.94. The van der Waals surface area contributed by atoms with E-state index in [0.717, 1.165) is 48.8 Å². The number of unbranched alkanes of at least 4 members (excludes halogenated alkanes) is 1. The minimum absolute atomic E-state index is 0.0987. The van der Waals surface area contributed by atoms with Crippen LogP contribution < -0.4 is 11.1 Å². The molecule has 0 unspecified atom stereocenters. The normalized spacial score (nSPS) is 16.4. The number of hydrogen-bond acceptors (Lipinski definition) is 6. The van der Waals surface area contributed by atoms with E-state index < -0.39 is 0 Å². The number of hydrogen-bond donors (Lipinski definition) is 2. The quantitative estimate of drug-likeness (QED) is 0.436. The highest BCUT2D eigenvalue weighted by molar-refractivity contribution is 7.99. The number of thiophene rings is 1. The SMILES string of the molecule is CC(C)Sc1nc(NCCCC[NH3+])c2sc3c(c2n1)COC(C)(C)C3. The lowest BCUT2D eigenvalue weighted by molar-refractivity contribution is -0.368. The van der Waals surface area contributed by atoms with Crippen molar-refractivity contribution in [2.75, 3.05) is 18.4 Å². The Kier molecular flexibility index (Phi) is 5.88. The molecule has 2 aromatic heterocycles. The summed E-state index contributed by atoms with van der Waals surface area (Å²) in [6.07, 6.45) is 3.19. The molecule has 1 aliphatic heterocycles. The van der Waals surface area contributed by atoms with Crippen molar-refractivity contribution >= 4 is 39.1 Å². The van der Waals surface area contributed by atoms with Crippen LogP contribution in [0.2, 0.25) is 0 Å². The van der Waals surface area contributed by atoms with Gasteiger partial charge < -0.3 is 15.8 Å². The number of quaternary nitrogens is 1. The van der Waals surface area contributed by atoms with E-state index >= 15 is 0 Å². The van der Waals surface area contributed by atoms with Gasteiger partial charge in [-0.25, -0.2) is 9.97 Å². The number of thioether (sulfide) groups is 1. The monoisotopic (exact) mass is 381 g/mol. The van der Waals surface area contributed by atoms with Gasteiger partial charge in [-0.2, -0.15) is 0 Å². The van der Waals surface area contributed by atoms with Crippen molar-refractivity contribution < 1.29 is 10.5 Å². The predicted octanol–water partition coefficient (Wildman–Crippen LogP) is 3.48. The van der Waals surface area contributed by atoms with Crippen LogP contribution in [0.3, 0.4) is 0 Å². The molecule has 0 fully saturated rings. The third kappa shape index (κ3) is 4.45. The molecule has 7 heteroatoms. The minimum atomic E-state index is -0.0987. The van der Waals surface area contributed by atoms with Crippen molar-refractivity contribution in [1.29, 1.82) is 0 Å². The van der Waals surface area contributed by atoms with Crippen LogP contribution in [0, 0.1) is 0 Å². The van der Waals surface area contributed by atoms with Crippen LogP contribution in [0.4, 0.5) is 5.82 Å². The molecule has 138 valence electrons. The van der Waals surface area contributed by atoms with Gasteiger partial charge in [-0.05, 0) is 26.7 Å². The zero-order chi connectivity index (χ0) is 18.0. The van der Waals surface area contributed by atoms with Gasteiger partial charge in [0.05, 0.1) is 29.0 Å². The molecule has 0 radical (unpaired) electrons. The van der Waals surface area contributed by atoms with Gasteiger partial charge in [0.25, 0.3) is 0 Å². The highest BCUT2D eigenvalue weighted by Crippen LogP contribution is 2.41. The summed E-state index contributed by atoms with van der Waals surface area (Å²) in [5, 5.41) is 4.86. The Morgan fingerprint density at radius 3 is 2.84 bits per heavy atom. The zero-order valence-electron chi connectivity index (χ0n) is 15.6. The molecule has 0 atom stereocenters. The summed E-state index contributed by atoms with van der Waals surface area (Å²) in [5.41, 5.74) is 6.15. The van der Waals surface area contributed by atoms with E-state index in [4.69, 9.17) is 14.7 Å². The first-order chi connectivity index (χ1) is 11.9. The molecule has 0 aromatic carbocycles. The van der Waals surface area contributed by atoms with E-state index in [2.05, 4.69) is 38.7 Å². The number of aromatic nitrogens is 2. The van der Waals surface area contributed by atoms with Crippen LogP contribution in [0.25, 0.3) is 10.2 Å². The first kappa shape index (κ1) is 18.9. The summed E-state index contributed by atoms with van der Waals surface area (Å²) in [7, 11) is 0. The van der Waals surface area contributed by atoms with E-state index in [1.165, 1.54) is 15.1 Å². The number of rotatable bonds is 7. The molecule has 1 aliphatic rings. The van der Waals surface area contributed by atoms with Gasteiger partial charge in [0.15, 0.2) is 5.16 Å². The third-order valence-corrected chi connectivity index (χ3v) is 6.29. The maximum Gasteiger partial charge on any atom is 0.190 e. The average Bonchev–Trinajstić information content (AvgIpc) is 2.87. The summed E-state index contributed by atoms with van der Waals surface area (Å²) in [6, 6.07) is 0. The van der Waals surface area contributed by atoms with Crippen LogP contribution in [0.1, 0.15) is 51.0 Å². The Balaban J connectivity index is 1.98. The standard InChI is InChI=1S/C18H28N4OS2/c1-11(2)24-17-21-14-12-10-23-18(3,4)9-13(12)25-15(14)16(22-17)20-8-6-5-7-19/h11H,5-10,19H2,1-4H3,(H,20,21,22)/p+1. The molecule has 2 aromatic rings. The topological polar surface area (TPSA) is 74.7 Å². The molecule has 4 N–H and O–H groups in total. The van der Waals surface area contributed by atoms with E-state index in [0.29, 0.717) is 11.9 Å². The van der Waals surface area contributed by atoms with Crippen molar-refractivity contribution in [1.82, 2.24) is 9.97 Å². The number of nitrogens with zero attached hydrogens (tertiary/aromatic N) is 2. The van der Waals surface area contributed by atoms with E-state index in [1.807, 2.05) is 11.3 Å². The third-order valence-electron chi connectivity index (χ3n) is 4.20. The lowest BCUT2D eigenvalue weighted by atomic mass is 9.98. The number of nitrogens with one attached hydrogen (secondary N) is 1. The molecule has 5 nitrogen and oxygen atoms in total. The lowest BCUT2D eigenvalue weighted by Crippen LogP contribution is -2.50. The maximum atomic E-state index is 6.04. The number of ether oxygens (including phenoxy) is 1. The van der Waals surface area contributed by atoms with Gasteiger partial charge in [-0.1, -0.05) is 25.6 Å². The second-order valence-electron chi connectivity index (χ2n) is 7.42. The Labute approximate surface area is 158 Å². The molecular formula is C18H29N4OS2+. The lowest BCUT2D eigenvalue weighted by Gasteiger charge is -2.29. The minimum Gasteiger partial charge on any atom is -0.370 e. The molecule has 0 amide bonds. The molecule has 0 saturated carbocycles. The van der Waals surface area contributed by atoms with Crippen molar-refractivity contribution in [3.63, 3.8) is 0 Å². The summed E-state index contributed by atoms with van der Waals surface area (Å²) >= 11 is 3.55. The van der Waals surface area contributed by atoms with Gasteiger partial charge in [-0.15, -0.1) is 11.3 Å². The second-order valence-corrected chi connectivity index (χ2v) is 10.1. The van der Waals surface area contributed by atoms with Crippen LogP contribution >= 0.6 is 23.1 Å². The van der Waals surface area contributed by atoms with Gasteiger partial charge >= 0.3 is 0 Å². The molecule has 3 rings (SSSR count). The largest absolute Gasteiger partial charge is 0.370 e. The van der Waals surface area contributed by atoms with Crippen molar-refractivity contribution in [3.05, 3.63) is 10.4 Å². The fraction of sp³-hybridized carbons (Fsp3) is 0.667. The molecule has 25 heavy (non-hydrogen) atoms. The van der Waals surface area contributed by atoms with Crippen LogP contribution in [0.5, 0.6) is 0 Å². The molecule has 0 aliphatic carbocycles. The second kappa shape index (κ2) is 7.78. The van der Waals surface area contributed by atoms with E-state index in [9.17, 15) is 0 Å². The highest BCUT2D eigenvalue weighted by atomic mass is 32.2. The Morgan fingerprint density at radius 1 is 1.32 bits per heavy atom. The smallest absolute Gasteiger partial charge is 0.190 e. The van der Waals surface area contributed by atoms with Crippen molar-refractivity contribution in [2.45, 2.75) is 69.6 Å². The Bertz CT molecular complexity index is 742. The van der Waals surface area contributed by atoms with Gasteiger partial charge in [0, 0.05) is 28.7 Å². The molecule has 3 heterocycles. The van der Waals surface area contributed by atoms with E-state index in [-0.39, 0.29) is 5.60 Å². The average molecular weight is 382 g/mol. The maximum absolute atomic E-state index is 6.04. The van der Waals surface area contributed by atoms with Crippen LogP contribution in [-0.4, -0.2) is 33.9 Å². The molecular weight excluding hydrogens is 352 g/mol. The summed E-state index contributed by atoms with van der Waals surface area (Å²) in [5.74, 6) is 0.981. The van der Waals surface area contributed by atoms with Crippen LogP contribution in [-0.2, 0) is 17.8 Å². The Morgan fingerprint density at radius 2 is 2.12 bits per heavy atom. The predicted molar refractivity (Wildman–Crippen MR) is 106 cm³/mol. The first-order valence-electron chi connectivity index (χ1n) is 9.05. The Hall–Kier alpha value is -0.890. The number of fused-ring (bicyclic) bond motifs is 3. The number of anilines is 1. The summed E-state index contributed by atoms with van der Waals surface area (Å²) in [6.45, 7) is 11.2. The van der Waals surface area contributed by atoms with Crippen LogP contribution in [0.15, 0.2) is 5.16 Å². The van der Waals surface area contributed by atoms with Crippen molar-refractivity contribution in [3.8, 4) is 0 Å². The zero-order valence-corrected chi connectivity index (χ0v) is 17.3. The van der Waals surface area contributed by atoms with Gasteiger partial charge in [-0.3, -0.25) is 0 Å². The molecule has 0 saturated heterocycles. The van der Waals surface area contributed by atoms with Crippen molar-refractivity contribution in [2.24, 2.45) is 0 Å². The summed E-state index contributed by atoms with van der Waals surface area (Å²) < 4.78 is 7.22. The van der Waals surface area contributed by atoms with Gasteiger partial charge in [0.2, 0.25) is 0 Å². The van der Waals surface area contributed by atoms with E-state index in [1.54, 1.807) is 11.8 Å². The molecule has 0 bridgehead atoms.